The summed E-state index contributed by atoms with van der Waals surface area (Å²) in [7, 11) is -3.59. The highest BCUT2D eigenvalue weighted by Crippen LogP contribution is 2.26. The largest absolute Gasteiger partial charge is 0.494 e. The van der Waals surface area contributed by atoms with Crippen LogP contribution in [0.2, 0.25) is 10.0 Å². The Morgan fingerprint density at radius 2 is 1.73 bits per heavy atom. The van der Waals surface area contributed by atoms with E-state index in [0.717, 1.165) is 37.5 Å². The van der Waals surface area contributed by atoms with Crippen LogP contribution in [0.15, 0.2) is 42.5 Å². The van der Waals surface area contributed by atoms with Crippen molar-refractivity contribution in [1.82, 2.24) is 10.2 Å². The van der Waals surface area contributed by atoms with Crippen LogP contribution < -0.4 is 14.4 Å². The lowest BCUT2D eigenvalue weighted by Gasteiger charge is -2.32. The summed E-state index contributed by atoms with van der Waals surface area (Å²) in [4.78, 5) is 28.5. The fourth-order valence-corrected chi connectivity index (χ4v) is 6.29. The minimum atomic E-state index is -3.59. The first-order chi connectivity index (χ1) is 19.0. The second-order valence-corrected chi connectivity index (χ2v) is 12.8. The van der Waals surface area contributed by atoms with Gasteiger partial charge >= 0.3 is 0 Å². The van der Waals surface area contributed by atoms with Crippen LogP contribution in [0.3, 0.4) is 0 Å². The molecule has 11 heteroatoms. The van der Waals surface area contributed by atoms with E-state index in [1.54, 1.807) is 47.4 Å². The van der Waals surface area contributed by atoms with Crippen molar-refractivity contribution in [3.8, 4) is 5.75 Å². The van der Waals surface area contributed by atoms with E-state index < -0.39 is 16.1 Å². The first kappa shape index (κ1) is 32.0. The molecule has 1 saturated carbocycles. The normalized spacial score (nSPS) is 14.5. The highest BCUT2D eigenvalue weighted by atomic mass is 35.5. The summed E-state index contributed by atoms with van der Waals surface area (Å²) < 4.78 is 31.9. The van der Waals surface area contributed by atoms with Crippen LogP contribution in [0.5, 0.6) is 5.75 Å². The van der Waals surface area contributed by atoms with E-state index >= 15 is 0 Å². The standard InChI is InChI=1S/C29H39Cl2N3O5S/c1-4-27(29(36)32-22-9-6-7-10-22)33(20-21-12-17-25(30)26(31)19-21)28(35)11-8-18-34(40(3,37)38)23-13-15-24(16-14-23)39-5-2/h12-17,19,22,27H,4-11,18,20H2,1-3H3,(H,32,36)/t27-/m1/s1. The second kappa shape index (κ2) is 14.9. The van der Waals surface area contributed by atoms with Crippen LogP contribution in [-0.2, 0) is 26.2 Å². The topological polar surface area (TPSA) is 96.0 Å². The van der Waals surface area contributed by atoms with Gasteiger partial charge in [-0.15, -0.1) is 0 Å². The van der Waals surface area contributed by atoms with Gasteiger partial charge in [-0.3, -0.25) is 13.9 Å². The molecule has 8 nitrogen and oxygen atoms in total. The van der Waals surface area contributed by atoms with E-state index in [4.69, 9.17) is 27.9 Å². The number of ether oxygens (including phenoxy) is 1. The van der Waals surface area contributed by atoms with Crippen molar-refractivity contribution < 1.29 is 22.7 Å². The van der Waals surface area contributed by atoms with Crippen molar-refractivity contribution in [2.45, 2.75) is 77.4 Å². The zero-order valence-electron chi connectivity index (χ0n) is 23.4. The first-order valence-electron chi connectivity index (χ1n) is 13.8. The van der Waals surface area contributed by atoms with E-state index in [2.05, 4.69) is 5.32 Å². The Morgan fingerprint density at radius 1 is 1.05 bits per heavy atom. The van der Waals surface area contributed by atoms with Crippen molar-refractivity contribution in [3.63, 3.8) is 0 Å². The molecule has 0 unspecified atom stereocenters. The monoisotopic (exact) mass is 611 g/mol. The Hall–Kier alpha value is -2.49. The highest BCUT2D eigenvalue weighted by Gasteiger charge is 2.31. The number of sulfonamides is 1. The van der Waals surface area contributed by atoms with Gasteiger partial charge in [0.2, 0.25) is 21.8 Å². The summed E-state index contributed by atoms with van der Waals surface area (Å²) in [6.07, 6.45) is 5.97. The number of halogens is 2. The maximum atomic E-state index is 13.6. The van der Waals surface area contributed by atoms with Crippen LogP contribution >= 0.6 is 23.2 Å². The number of carbonyl (C=O) groups is 2. The minimum absolute atomic E-state index is 0.0670. The fourth-order valence-electron chi connectivity index (χ4n) is 5.00. The number of carbonyl (C=O) groups excluding carboxylic acids is 2. The van der Waals surface area contributed by atoms with Crippen molar-refractivity contribution in [2.24, 2.45) is 0 Å². The van der Waals surface area contributed by atoms with Gasteiger partial charge in [0.05, 0.1) is 28.6 Å². The molecule has 0 bridgehead atoms. The van der Waals surface area contributed by atoms with Gasteiger partial charge in [-0.25, -0.2) is 8.42 Å². The molecule has 2 amide bonds. The molecule has 0 spiro atoms. The van der Waals surface area contributed by atoms with Gasteiger partial charge in [-0.05, 0) is 74.6 Å². The van der Waals surface area contributed by atoms with Crippen LogP contribution in [0.4, 0.5) is 5.69 Å². The molecule has 0 aliphatic heterocycles. The number of hydrogen-bond acceptors (Lipinski definition) is 5. The van der Waals surface area contributed by atoms with Gasteiger partial charge in [0, 0.05) is 25.6 Å². The van der Waals surface area contributed by atoms with Gasteiger partial charge in [0.25, 0.3) is 0 Å². The number of nitrogens with zero attached hydrogens (tertiary/aromatic N) is 2. The predicted molar refractivity (Wildman–Crippen MR) is 161 cm³/mol. The molecule has 1 atom stereocenters. The maximum absolute atomic E-state index is 13.6. The molecular weight excluding hydrogens is 573 g/mol. The number of anilines is 1. The Balaban J connectivity index is 1.76. The molecule has 0 heterocycles. The molecule has 2 aromatic rings. The molecule has 0 saturated heterocycles. The lowest BCUT2D eigenvalue weighted by atomic mass is 10.1. The molecule has 1 N–H and O–H groups in total. The second-order valence-electron chi connectivity index (χ2n) is 10.0. The SMILES string of the molecule is CCOc1ccc(N(CCCC(=O)N(Cc2ccc(Cl)c(Cl)c2)[C@H](CC)C(=O)NC2CCCC2)S(C)(=O)=O)cc1. The van der Waals surface area contributed by atoms with E-state index in [1.165, 1.54) is 4.31 Å². The lowest BCUT2D eigenvalue weighted by molar-refractivity contribution is -0.141. The molecule has 220 valence electrons. The van der Waals surface area contributed by atoms with E-state index in [-0.39, 0.29) is 43.8 Å². The maximum Gasteiger partial charge on any atom is 0.243 e. The smallest absolute Gasteiger partial charge is 0.243 e. The van der Waals surface area contributed by atoms with Crippen LogP contribution in [0.25, 0.3) is 0 Å². The Bertz CT molecular complexity index is 1250. The third-order valence-corrected chi connectivity index (χ3v) is 8.95. The summed E-state index contributed by atoms with van der Waals surface area (Å²) in [6.45, 7) is 4.56. The summed E-state index contributed by atoms with van der Waals surface area (Å²) in [6, 6.07) is 11.4. The zero-order chi connectivity index (χ0) is 29.3. The number of nitrogens with one attached hydrogen (secondary N) is 1. The van der Waals surface area contributed by atoms with Crippen LogP contribution in [-0.4, -0.2) is 56.6 Å². The molecule has 0 radical (unpaired) electrons. The summed E-state index contributed by atoms with van der Waals surface area (Å²) in [5, 5.41) is 3.90. The van der Waals surface area contributed by atoms with Gasteiger partial charge in [-0.1, -0.05) is 49.0 Å². The summed E-state index contributed by atoms with van der Waals surface area (Å²) in [5.41, 5.74) is 1.25. The van der Waals surface area contributed by atoms with Crippen molar-refractivity contribution in [1.29, 1.82) is 0 Å². The molecule has 40 heavy (non-hydrogen) atoms. The number of benzene rings is 2. The molecular formula is C29H39Cl2N3O5S. The molecule has 1 aliphatic carbocycles. The van der Waals surface area contributed by atoms with Crippen molar-refractivity contribution in [3.05, 3.63) is 58.1 Å². The van der Waals surface area contributed by atoms with Crippen LogP contribution in [0, 0.1) is 0 Å². The zero-order valence-corrected chi connectivity index (χ0v) is 25.7. The predicted octanol–water partition coefficient (Wildman–Crippen LogP) is 5.80. The Kier molecular flexibility index (Phi) is 12.0. The number of rotatable bonds is 14. The van der Waals surface area contributed by atoms with Gasteiger partial charge in [0.1, 0.15) is 11.8 Å². The first-order valence-corrected chi connectivity index (χ1v) is 16.4. The Morgan fingerprint density at radius 3 is 2.30 bits per heavy atom. The number of hydrogen-bond donors (Lipinski definition) is 1. The van der Waals surface area contributed by atoms with Crippen molar-refractivity contribution in [2.75, 3.05) is 23.7 Å². The quantitative estimate of drug-likeness (QED) is 0.291. The van der Waals surface area contributed by atoms with E-state index in [0.29, 0.717) is 34.5 Å². The van der Waals surface area contributed by atoms with Gasteiger partial charge in [-0.2, -0.15) is 0 Å². The summed E-state index contributed by atoms with van der Waals surface area (Å²) >= 11 is 12.3. The van der Waals surface area contributed by atoms with Crippen molar-refractivity contribution >= 4 is 50.7 Å². The molecule has 3 rings (SSSR count). The molecule has 1 aliphatic rings. The highest BCUT2D eigenvalue weighted by molar-refractivity contribution is 7.92. The Labute approximate surface area is 248 Å². The van der Waals surface area contributed by atoms with Gasteiger partial charge in [0.15, 0.2) is 0 Å². The van der Waals surface area contributed by atoms with Crippen LogP contribution in [0.1, 0.15) is 64.4 Å². The number of amides is 2. The van der Waals surface area contributed by atoms with E-state index in [9.17, 15) is 18.0 Å². The molecule has 2 aromatic carbocycles. The fraction of sp³-hybridized carbons (Fsp3) is 0.517. The summed E-state index contributed by atoms with van der Waals surface area (Å²) in [5.74, 6) is 0.240. The molecule has 1 fully saturated rings. The van der Waals surface area contributed by atoms with Gasteiger partial charge < -0.3 is 15.0 Å². The molecule has 0 aromatic heterocycles. The third kappa shape index (κ3) is 9.01. The van der Waals surface area contributed by atoms with E-state index in [1.807, 2.05) is 13.8 Å². The lowest BCUT2D eigenvalue weighted by Crippen LogP contribution is -2.51. The average Bonchev–Trinajstić information content (AvgIpc) is 3.41. The average molecular weight is 613 g/mol. The minimum Gasteiger partial charge on any atom is -0.494 e. The third-order valence-electron chi connectivity index (χ3n) is 7.01.